The third kappa shape index (κ3) is 2.35. The van der Waals surface area contributed by atoms with Crippen molar-refractivity contribution in [1.29, 1.82) is 0 Å². The molecule has 0 aliphatic carbocycles. The molecule has 2 saturated heterocycles. The molecule has 2 aliphatic rings. The van der Waals surface area contributed by atoms with Crippen LogP contribution in [0.1, 0.15) is 25.7 Å². The highest BCUT2D eigenvalue weighted by Crippen LogP contribution is 2.36. The van der Waals surface area contributed by atoms with Gasteiger partial charge in [0.2, 0.25) is 0 Å². The van der Waals surface area contributed by atoms with Crippen molar-refractivity contribution in [1.82, 2.24) is 0 Å². The quantitative estimate of drug-likeness (QED) is 0.638. The van der Waals surface area contributed by atoms with E-state index in [9.17, 15) is 0 Å². The third-order valence-electron chi connectivity index (χ3n) is 2.75. The van der Waals surface area contributed by atoms with Gasteiger partial charge in [-0.3, -0.25) is 0 Å². The van der Waals surface area contributed by atoms with Crippen molar-refractivity contribution >= 4 is 23.5 Å². The summed E-state index contributed by atoms with van der Waals surface area (Å²) in [5, 5.41) is 0.930. The van der Waals surface area contributed by atoms with Gasteiger partial charge in [-0.25, -0.2) is 0 Å². The molecule has 1 atom stereocenters. The summed E-state index contributed by atoms with van der Waals surface area (Å²) in [4.78, 5) is 0. The molecule has 2 radical (unpaired) electrons. The fourth-order valence-corrected chi connectivity index (χ4v) is 4.46. The SMILES string of the molecule is [C]1CCSC(C2CCSCC2)C1. The van der Waals surface area contributed by atoms with Gasteiger partial charge in [0.05, 0.1) is 0 Å². The fraction of sp³-hybridized carbons (Fsp3) is 0.900. The maximum atomic E-state index is 3.50. The molecule has 2 fully saturated rings. The molecule has 68 valence electrons. The van der Waals surface area contributed by atoms with Gasteiger partial charge >= 0.3 is 0 Å². The number of hydrogen-bond donors (Lipinski definition) is 0. The number of thioether (sulfide) groups is 2. The van der Waals surface area contributed by atoms with Crippen LogP contribution in [0, 0.1) is 12.3 Å². The van der Waals surface area contributed by atoms with Crippen LogP contribution in [0.5, 0.6) is 0 Å². The van der Waals surface area contributed by atoms with Crippen molar-refractivity contribution in [3.8, 4) is 0 Å². The van der Waals surface area contributed by atoms with Crippen LogP contribution < -0.4 is 0 Å². The van der Waals surface area contributed by atoms with E-state index in [-0.39, 0.29) is 0 Å². The minimum atomic E-state index is 0.930. The molecule has 0 N–H and O–H groups in total. The van der Waals surface area contributed by atoms with Gasteiger partial charge in [-0.15, -0.1) is 0 Å². The highest BCUT2D eigenvalue weighted by molar-refractivity contribution is 8.00. The summed E-state index contributed by atoms with van der Waals surface area (Å²) in [5.74, 6) is 5.15. The van der Waals surface area contributed by atoms with Crippen LogP contribution in [-0.2, 0) is 0 Å². The molecule has 12 heavy (non-hydrogen) atoms. The average molecular weight is 200 g/mol. The molecule has 2 heteroatoms. The minimum Gasteiger partial charge on any atom is -0.162 e. The van der Waals surface area contributed by atoms with Crippen LogP contribution >= 0.6 is 23.5 Å². The predicted octanol–water partition coefficient (Wildman–Crippen LogP) is 3.11. The molecule has 0 amide bonds. The molecule has 0 saturated carbocycles. The largest absolute Gasteiger partial charge is 0.162 e. The first-order valence-corrected chi connectivity index (χ1v) is 7.07. The molecule has 1 unspecified atom stereocenters. The smallest absolute Gasteiger partial charge is 0.00816 e. The summed E-state index contributed by atoms with van der Waals surface area (Å²) < 4.78 is 0. The lowest BCUT2D eigenvalue weighted by molar-refractivity contribution is 0.459. The van der Waals surface area contributed by atoms with E-state index in [0.717, 1.165) is 11.2 Å². The molecule has 0 spiro atoms. The normalized spacial score (nSPS) is 33.5. The summed E-state index contributed by atoms with van der Waals surface area (Å²) in [5.41, 5.74) is 0. The van der Waals surface area contributed by atoms with E-state index in [1.165, 1.54) is 42.9 Å². The Balaban J connectivity index is 1.80. The molecular weight excluding hydrogens is 184 g/mol. The van der Waals surface area contributed by atoms with Crippen LogP contribution in [0.4, 0.5) is 0 Å². The molecule has 2 rings (SSSR count). The number of hydrogen-bond acceptors (Lipinski definition) is 2. The van der Waals surface area contributed by atoms with Crippen LogP contribution in [-0.4, -0.2) is 22.5 Å². The van der Waals surface area contributed by atoms with Gasteiger partial charge in [0.25, 0.3) is 0 Å². The monoisotopic (exact) mass is 200 g/mol. The minimum absolute atomic E-state index is 0.930. The van der Waals surface area contributed by atoms with E-state index in [2.05, 4.69) is 29.9 Å². The van der Waals surface area contributed by atoms with Crippen molar-refractivity contribution in [2.45, 2.75) is 30.9 Å². The Morgan fingerprint density at radius 2 is 1.92 bits per heavy atom. The summed E-state index contributed by atoms with van der Waals surface area (Å²) in [6, 6.07) is 0. The van der Waals surface area contributed by atoms with Crippen molar-refractivity contribution in [3.63, 3.8) is 0 Å². The maximum Gasteiger partial charge on any atom is 0.00816 e. The lowest BCUT2D eigenvalue weighted by atomic mass is 9.95. The van der Waals surface area contributed by atoms with Gasteiger partial charge < -0.3 is 0 Å². The Morgan fingerprint density at radius 3 is 2.58 bits per heavy atom. The first kappa shape index (κ1) is 9.26. The van der Waals surface area contributed by atoms with E-state index in [1.54, 1.807) is 0 Å². The van der Waals surface area contributed by atoms with Crippen molar-refractivity contribution in [3.05, 3.63) is 6.42 Å². The van der Waals surface area contributed by atoms with Gasteiger partial charge in [0.15, 0.2) is 0 Å². The second-order valence-electron chi connectivity index (χ2n) is 3.56. The Morgan fingerprint density at radius 1 is 1.08 bits per heavy atom. The van der Waals surface area contributed by atoms with E-state index in [4.69, 9.17) is 0 Å². The predicted molar refractivity (Wildman–Crippen MR) is 58.8 cm³/mol. The van der Waals surface area contributed by atoms with E-state index in [1.807, 2.05) is 0 Å². The first-order chi connectivity index (χ1) is 5.97. The molecule has 2 aliphatic heterocycles. The van der Waals surface area contributed by atoms with Crippen LogP contribution in [0.15, 0.2) is 0 Å². The Bertz CT molecular complexity index is 108. The van der Waals surface area contributed by atoms with E-state index < -0.39 is 0 Å². The Labute approximate surface area is 84.3 Å². The third-order valence-corrected chi connectivity index (χ3v) is 5.22. The maximum absolute atomic E-state index is 3.50. The van der Waals surface area contributed by atoms with E-state index in [0.29, 0.717) is 0 Å². The summed E-state index contributed by atoms with van der Waals surface area (Å²) in [6.07, 6.45) is 8.92. The second-order valence-corrected chi connectivity index (χ2v) is 6.13. The van der Waals surface area contributed by atoms with E-state index >= 15 is 0 Å². The lowest BCUT2D eigenvalue weighted by Gasteiger charge is -2.31. The van der Waals surface area contributed by atoms with Crippen LogP contribution in [0.25, 0.3) is 0 Å². The van der Waals surface area contributed by atoms with Gasteiger partial charge in [-0.05, 0) is 55.3 Å². The van der Waals surface area contributed by atoms with Gasteiger partial charge in [0, 0.05) is 5.25 Å². The molecule has 0 aromatic carbocycles. The molecule has 0 aromatic rings. The zero-order valence-electron chi connectivity index (χ0n) is 7.42. The number of rotatable bonds is 1. The van der Waals surface area contributed by atoms with Gasteiger partial charge in [0.1, 0.15) is 0 Å². The van der Waals surface area contributed by atoms with Gasteiger partial charge in [-0.2, -0.15) is 23.5 Å². The van der Waals surface area contributed by atoms with Gasteiger partial charge in [-0.1, -0.05) is 0 Å². The second kappa shape index (κ2) is 4.80. The highest BCUT2D eigenvalue weighted by atomic mass is 32.2. The molecular formula is C10H16S2. The van der Waals surface area contributed by atoms with Crippen molar-refractivity contribution < 1.29 is 0 Å². The van der Waals surface area contributed by atoms with Crippen molar-refractivity contribution in [2.75, 3.05) is 17.3 Å². The Kier molecular flexibility index (Phi) is 3.71. The summed E-state index contributed by atoms with van der Waals surface area (Å²) in [7, 11) is 0. The standard InChI is InChI=1S/C10H16S2/c1-2-6-12-10(3-1)9-4-7-11-8-5-9/h9-10H,2-8H2. The zero-order valence-corrected chi connectivity index (χ0v) is 9.05. The summed E-state index contributed by atoms with van der Waals surface area (Å²) in [6.45, 7) is 0. The molecule has 0 aromatic heterocycles. The zero-order chi connectivity index (χ0) is 8.23. The highest BCUT2D eigenvalue weighted by Gasteiger charge is 2.25. The molecule has 0 nitrogen and oxygen atoms in total. The average Bonchev–Trinajstić information content (AvgIpc) is 2.21. The molecule has 0 bridgehead atoms. The first-order valence-electron chi connectivity index (χ1n) is 4.87. The molecule has 2 heterocycles. The Hall–Kier alpha value is 0.700. The van der Waals surface area contributed by atoms with Crippen LogP contribution in [0.2, 0.25) is 0 Å². The van der Waals surface area contributed by atoms with Crippen LogP contribution in [0.3, 0.4) is 0 Å². The lowest BCUT2D eigenvalue weighted by Crippen LogP contribution is -2.24. The fourth-order valence-electron chi connectivity index (χ4n) is 1.98. The topological polar surface area (TPSA) is 0 Å². The summed E-state index contributed by atoms with van der Waals surface area (Å²) >= 11 is 4.33. The van der Waals surface area contributed by atoms with Crippen molar-refractivity contribution in [2.24, 2.45) is 5.92 Å².